The normalized spacial score (nSPS) is 13.4. The molecule has 2 heterocycles. The van der Waals surface area contributed by atoms with Crippen molar-refractivity contribution in [2.24, 2.45) is 0 Å². The third kappa shape index (κ3) is 3.83. The van der Waals surface area contributed by atoms with Gasteiger partial charge in [-0.05, 0) is 37.5 Å². The topological polar surface area (TPSA) is 51.0 Å². The summed E-state index contributed by atoms with van der Waals surface area (Å²) in [7, 11) is 0. The summed E-state index contributed by atoms with van der Waals surface area (Å²) in [4.78, 5) is 14.7. The van der Waals surface area contributed by atoms with E-state index in [1.807, 2.05) is 23.1 Å². The van der Waals surface area contributed by atoms with Gasteiger partial charge >= 0.3 is 0 Å². The van der Waals surface area contributed by atoms with Crippen molar-refractivity contribution in [1.29, 1.82) is 0 Å². The zero-order valence-corrected chi connectivity index (χ0v) is 17.1. The fourth-order valence-electron chi connectivity index (χ4n) is 3.60. The van der Waals surface area contributed by atoms with Gasteiger partial charge in [-0.25, -0.2) is 0 Å². The van der Waals surface area contributed by atoms with Crippen molar-refractivity contribution in [2.75, 3.05) is 12.3 Å². The van der Waals surface area contributed by atoms with Gasteiger partial charge in [0.05, 0.1) is 5.75 Å². The summed E-state index contributed by atoms with van der Waals surface area (Å²) in [6, 6.07) is 16.6. The van der Waals surface area contributed by atoms with Crippen LogP contribution in [0.4, 0.5) is 0 Å². The van der Waals surface area contributed by atoms with Crippen LogP contribution in [0.25, 0.3) is 11.4 Å². The van der Waals surface area contributed by atoms with E-state index in [4.69, 9.17) is 0 Å². The number of thioether (sulfide) groups is 1. The second-order valence-electron chi connectivity index (χ2n) is 7.04. The number of carbonyl (C=O) groups excluding carboxylic acids is 1. The molecule has 1 aliphatic heterocycles. The second-order valence-corrected chi connectivity index (χ2v) is 7.99. The maximum Gasteiger partial charge on any atom is 0.233 e. The van der Waals surface area contributed by atoms with E-state index >= 15 is 0 Å². The Balaban J connectivity index is 1.45. The molecule has 0 radical (unpaired) electrons. The largest absolute Gasteiger partial charge is 0.337 e. The van der Waals surface area contributed by atoms with E-state index in [9.17, 15) is 4.79 Å². The van der Waals surface area contributed by atoms with Gasteiger partial charge in [0.15, 0.2) is 11.0 Å². The quantitative estimate of drug-likeness (QED) is 0.617. The molecule has 1 aromatic heterocycles. The molecule has 0 saturated carbocycles. The number of aryl methyl sites for hydroxylation is 1. The fraction of sp³-hybridized carbons (Fsp3) is 0.318. The molecule has 5 nitrogen and oxygen atoms in total. The minimum atomic E-state index is 0.155. The van der Waals surface area contributed by atoms with Gasteiger partial charge in [0.2, 0.25) is 5.91 Å². The van der Waals surface area contributed by atoms with E-state index in [0.29, 0.717) is 12.3 Å². The van der Waals surface area contributed by atoms with E-state index in [1.165, 1.54) is 28.5 Å². The standard InChI is InChI=1S/C22H24N4OS/c1-3-26-21(18-10-6-7-16(2)13-18)23-24-22(26)28-15-20(27)25-12-11-17-8-4-5-9-19(17)14-25/h4-10,13H,3,11-12,14-15H2,1-2H3. The molecule has 144 valence electrons. The number of amides is 1. The van der Waals surface area contributed by atoms with Crippen LogP contribution in [-0.4, -0.2) is 37.9 Å². The molecule has 1 aliphatic rings. The van der Waals surface area contributed by atoms with Crippen LogP contribution in [0.15, 0.2) is 53.7 Å². The van der Waals surface area contributed by atoms with Crippen LogP contribution in [0, 0.1) is 6.92 Å². The van der Waals surface area contributed by atoms with Crippen LogP contribution in [0.5, 0.6) is 0 Å². The van der Waals surface area contributed by atoms with E-state index in [0.717, 1.165) is 36.1 Å². The molecule has 3 aromatic rings. The van der Waals surface area contributed by atoms with Gasteiger partial charge in [0.25, 0.3) is 0 Å². The van der Waals surface area contributed by atoms with Crippen molar-refractivity contribution in [3.63, 3.8) is 0 Å². The molecule has 0 bridgehead atoms. The van der Waals surface area contributed by atoms with Gasteiger partial charge in [-0.3, -0.25) is 4.79 Å². The number of nitrogens with zero attached hydrogens (tertiary/aromatic N) is 4. The first-order chi connectivity index (χ1) is 13.7. The predicted molar refractivity (Wildman–Crippen MR) is 112 cm³/mol. The maximum atomic E-state index is 12.7. The number of fused-ring (bicyclic) bond motifs is 1. The molecule has 6 heteroatoms. The molecule has 0 spiro atoms. The molecule has 0 unspecified atom stereocenters. The molecule has 0 saturated heterocycles. The summed E-state index contributed by atoms with van der Waals surface area (Å²) in [5, 5.41) is 9.53. The predicted octanol–water partition coefficient (Wildman–Crippen LogP) is 3.95. The van der Waals surface area contributed by atoms with Crippen molar-refractivity contribution in [1.82, 2.24) is 19.7 Å². The molecule has 0 N–H and O–H groups in total. The molecular weight excluding hydrogens is 368 g/mol. The Morgan fingerprint density at radius 2 is 1.93 bits per heavy atom. The van der Waals surface area contributed by atoms with E-state index in [-0.39, 0.29) is 5.91 Å². The molecule has 0 atom stereocenters. The van der Waals surface area contributed by atoms with Gasteiger partial charge in [-0.2, -0.15) is 0 Å². The Labute approximate surface area is 169 Å². The average Bonchev–Trinajstić information content (AvgIpc) is 3.14. The molecular formula is C22H24N4OS. The number of carbonyl (C=O) groups is 1. The van der Waals surface area contributed by atoms with Crippen molar-refractivity contribution in [3.05, 3.63) is 65.2 Å². The van der Waals surface area contributed by atoms with E-state index < -0.39 is 0 Å². The van der Waals surface area contributed by atoms with Crippen LogP contribution in [-0.2, 0) is 24.3 Å². The van der Waals surface area contributed by atoms with Gasteiger partial charge in [0.1, 0.15) is 0 Å². The first-order valence-electron chi connectivity index (χ1n) is 9.63. The van der Waals surface area contributed by atoms with Crippen LogP contribution in [0.2, 0.25) is 0 Å². The summed E-state index contributed by atoms with van der Waals surface area (Å²) in [5.74, 6) is 1.39. The Morgan fingerprint density at radius 1 is 1.11 bits per heavy atom. The zero-order valence-electron chi connectivity index (χ0n) is 16.3. The smallest absolute Gasteiger partial charge is 0.233 e. The van der Waals surface area contributed by atoms with Crippen LogP contribution >= 0.6 is 11.8 Å². The number of aromatic nitrogens is 3. The third-order valence-corrected chi connectivity index (χ3v) is 6.07. The van der Waals surface area contributed by atoms with Crippen molar-refractivity contribution in [2.45, 2.75) is 38.5 Å². The molecule has 0 aliphatic carbocycles. The first kappa shape index (κ1) is 18.7. The maximum absolute atomic E-state index is 12.7. The summed E-state index contributed by atoms with van der Waals surface area (Å²) in [6.45, 7) is 6.40. The van der Waals surface area contributed by atoms with Crippen molar-refractivity contribution < 1.29 is 4.79 Å². The van der Waals surface area contributed by atoms with Crippen LogP contribution < -0.4 is 0 Å². The minimum absolute atomic E-state index is 0.155. The fourth-order valence-corrected chi connectivity index (χ4v) is 4.51. The first-order valence-corrected chi connectivity index (χ1v) is 10.6. The lowest BCUT2D eigenvalue weighted by molar-refractivity contribution is -0.129. The van der Waals surface area contributed by atoms with E-state index in [2.05, 4.69) is 58.9 Å². The summed E-state index contributed by atoms with van der Waals surface area (Å²) < 4.78 is 2.08. The molecule has 0 fully saturated rings. The number of hydrogen-bond donors (Lipinski definition) is 0. The van der Waals surface area contributed by atoms with Crippen LogP contribution in [0.3, 0.4) is 0 Å². The van der Waals surface area contributed by atoms with Crippen molar-refractivity contribution >= 4 is 17.7 Å². The SMILES string of the molecule is CCn1c(SCC(=O)N2CCc3ccccc3C2)nnc1-c1cccc(C)c1. The number of hydrogen-bond acceptors (Lipinski definition) is 4. The second kappa shape index (κ2) is 8.19. The molecule has 2 aromatic carbocycles. The average molecular weight is 393 g/mol. The lowest BCUT2D eigenvalue weighted by Gasteiger charge is -2.28. The minimum Gasteiger partial charge on any atom is -0.337 e. The summed E-state index contributed by atoms with van der Waals surface area (Å²) in [6.07, 6.45) is 0.926. The highest BCUT2D eigenvalue weighted by molar-refractivity contribution is 7.99. The van der Waals surface area contributed by atoms with Crippen molar-refractivity contribution in [3.8, 4) is 11.4 Å². The monoisotopic (exact) mass is 392 g/mol. The van der Waals surface area contributed by atoms with E-state index in [1.54, 1.807) is 0 Å². The van der Waals surface area contributed by atoms with Gasteiger partial charge in [-0.1, -0.05) is 59.8 Å². The Kier molecular flexibility index (Phi) is 5.48. The highest BCUT2D eigenvalue weighted by Crippen LogP contribution is 2.25. The summed E-state index contributed by atoms with van der Waals surface area (Å²) in [5.41, 5.74) is 4.86. The number of benzene rings is 2. The van der Waals surface area contributed by atoms with Gasteiger partial charge < -0.3 is 9.47 Å². The van der Waals surface area contributed by atoms with Gasteiger partial charge in [-0.15, -0.1) is 10.2 Å². The highest BCUT2D eigenvalue weighted by atomic mass is 32.2. The molecule has 1 amide bonds. The zero-order chi connectivity index (χ0) is 19.5. The molecule has 28 heavy (non-hydrogen) atoms. The lowest BCUT2D eigenvalue weighted by atomic mass is 10.00. The highest BCUT2D eigenvalue weighted by Gasteiger charge is 2.21. The van der Waals surface area contributed by atoms with Crippen LogP contribution in [0.1, 0.15) is 23.6 Å². The Bertz CT molecular complexity index is 998. The summed E-state index contributed by atoms with van der Waals surface area (Å²) >= 11 is 1.47. The Hall–Kier alpha value is -2.60. The number of rotatable bonds is 5. The lowest BCUT2D eigenvalue weighted by Crippen LogP contribution is -2.37. The van der Waals surface area contributed by atoms with Gasteiger partial charge in [0, 0.05) is 25.2 Å². The Morgan fingerprint density at radius 3 is 2.71 bits per heavy atom. The molecule has 4 rings (SSSR count). The third-order valence-electron chi connectivity index (χ3n) is 5.12.